The summed E-state index contributed by atoms with van der Waals surface area (Å²) < 4.78 is 8.80. The van der Waals surface area contributed by atoms with Crippen LogP contribution >= 0.6 is 94.1 Å². The SMILES string of the molecule is CSC1=C(SC)SC(=C2SC(SC)=C(SCCCN3N=NC45c6c7c8c9c%10c%11c(c%12c%13c4c4c6c6c%14c7c7c8c8c%10c%10c%15c%11c%11c%12c%12c%13c%13c4c4c6c6c%14c%14c7c7c8c%10c8c%10c%15c%11c%11c%12c%12c%13c4c4c6c6c%14c7c8c7c%10c%11c%12c4c67)C935)S2)S1. The largest absolute Gasteiger partial charge is 0.260 e. The van der Waals surface area contributed by atoms with Gasteiger partial charge in [-0.1, -0.05) is 52.3 Å². The summed E-state index contributed by atoms with van der Waals surface area (Å²) in [5.74, 6) is 1.05. The highest BCUT2D eigenvalue weighted by Crippen LogP contribution is 2.86. The van der Waals surface area contributed by atoms with Gasteiger partial charge in [0, 0.05) is 34.6 Å². The van der Waals surface area contributed by atoms with E-state index < -0.39 is 11.1 Å². The number of thioether (sulfide) groups is 8. The highest BCUT2D eigenvalue weighted by molar-refractivity contribution is 8.45. The Morgan fingerprint density at radius 1 is 0.289 bits per heavy atom. The molecule has 0 fully saturated rings. The second-order valence-corrected chi connectivity index (χ2v) is 36.6. The van der Waals surface area contributed by atoms with Crippen molar-refractivity contribution in [1.82, 2.24) is 5.01 Å². The van der Waals surface area contributed by atoms with E-state index >= 15 is 0 Å². The minimum absolute atomic E-state index is 0.615. The Bertz CT molecular complexity index is 7740. The maximum absolute atomic E-state index is 6.38. The molecule has 0 bridgehead atoms. The first-order chi connectivity index (χ1) is 41.2. The predicted molar refractivity (Wildman–Crippen MR) is 374 cm³/mol. The third kappa shape index (κ3) is 2.35. The zero-order valence-electron chi connectivity index (χ0n) is 42.7. The molecule has 11 heteroatoms. The van der Waals surface area contributed by atoms with Crippen LogP contribution in [-0.4, -0.2) is 36.1 Å². The molecule has 83 heavy (non-hydrogen) atoms. The second-order valence-electron chi connectivity index (χ2n) is 27.4. The van der Waals surface area contributed by atoms with E-state index in [9.17, 15) is 0 Å². The molecule has 3 nitrogen and oxygen atoms in total. The summed E-state index contributed by atoms with van der Waals surface area (Å²) in [6, 6.07) is 0. The molecular weight excluding hydrogens is 1160 g/mol. The highest BCUT2D eigenvalue weighted by atomic mass is 32.3. The fourth-order valence-electron chi connectivity index (χ4n) is 25.7. The van der Waals surface area contributed by atoms with Crippen molar-refractivity contribution in [2.24, 2.45) is 10.3 Å². The van der Waals surface area contributed by atoms with Crippen molar-refractivity contribution in [3.8, 4) is 0 Å². The van der Waals surface area contributed by atoms with Crippen LogP contribution in [0, 0.1) is 0 Å². The summed E-state index contributed by atoms with van der Waals surface area (Å²) in [4.78, 5) is 0. The van der Waals surface area contributed by atoms with Gasteiger partial charge in [-0.15, -0.1) is 47.0 Å². The Labute approximate surface area is 491 Å². The molecule has 35 rings (SSSR count). The summed E-state index contributed by atoms with van der Waals surface area (Å²) in [7, 11) is 0. The van der Waals surface area contributed by atoms with Gasteiger partial charge >= 0.3 is 0 Å². The van der Waals surface area contributed by atoms with Crippen LogP contribution in [0.2, 0.25) is 0 Å². The lowest BCUT2D eigenvalue weighted by Gasteiger charge is -2.50. The Morgan fingerprint density at radius 3 is 0.759 bits per heavy atom. The monoisotopic (exact) mass is 1180 g/mol. The van der Waals surface area contributed by atoms with E-state index in [0.29, 0.717) is 0 Å². The molecule has 2 spiro atoms. The lowest BCUT2D eigenvalue weighted by molar-refractivity contribution is 0.120. The Hall–Kier alpha value is -6.12. The first kappa shape index (κ1) is 36.7. The summed E-state index contributed by atoms with van der Waals surface area (Å²) in [6.07, 6.45) is 7.79. The number of benzene rings is 18. The van der Waals surface area contributed by atoms with Gasteiger partial charge in [-0.25, -0.2) is 0 Å². The number of rotatable bonds is 8. The van der Waals surface area contributed by atoms with Gasteiger partial charge in [-0.2, -0.15) is 5.11 Å². The average molecular weight is 1180 g/mol. The molecule has 0 amide bonds. The third-order valence-electron chi connectivity index (χ3n) is 26.5. The quantitative estimate of drug-likeness (QED) is 0.109. The van der Waals surface area contributed by atoms with Crippen LogP contribution in [0.4, 0.5) is 0 Å². The normalized spacial score (nSPS) is 22.9. The fraction of sp³-hybridized carbons (Fsp3) is 0.111. The van der Waals surface area contributed by atoms with Crippen LogP contribution in [0.15, 0.2) is 35.8 Å². The molecule has 28 aromatic carbocycles. The van der Waals surface area contributed by atoms with Crippen molar-refractivity contribution in [3.63, 3.8) is 0 Å². The standard InChI is InChI=1S/C72H15N3S8/c1-76-65-66(77-2)81-69(80-65)70-82-67(78-3)68(83-70)79-6-4-5-75-72-63-57-51-41-29-21-13-9-7-8-11-15(13)23(29)33-27-19(11)20-12(8)16-14-10(7)18-17(9)25-31(21)39-45-35(25)36-26(18)32-22(14)30-24(16)34-28(20)38-37(27)49(43(33)51)59(63)60-50(38)44(34)52-42(30)48-40(32)46(36)54-53(45)61(55(57)47(39)41)71(72,73-74-75)62(54)56(48)58(52)64(60)72/h4-6H2,1-3H3. The van der Waals surface area contributed by atoms with Crippen molar-refractivity contribution in [2.75, 3.05) is 31.1 Å². The summed E-state index contributed by atoms with van der Waals surface area (Å²) >= 11 is 15.9. The molecule has 0 aromatic heterocycles. The Kier molecular flexibility index (Phi) is 4.11. The zero-order valence-corrected chi connectivity index (χ0v) is 49.3. The lowest BCUT2D eigenvalue weighted by Crippen LogP contribution is -2.56. The van der Waals surface area contributed by atoms with Gasteiger partial charge in [-0.3, -0.25) is 5.01 Å². The Balaban J connectivity index is 0.822. The molecule has 28 aromatic rings. The molecule has 0 N–H and O–H groups in total. The van der Waals surface area contributed by atoms with Crippen LogP contribution in [0.1, 0.15) is 28.7 Å². The van der Waals surface area contributed by atoms with E-state index in [1.165, 1.54) is 25.4 Å². The maximum Gasteiger partial charge on any atom is 0.169 e. The number of hydrogen-bond acceptors (Lipinski definition) is 11. The van der Waals surface area contributed by atoms with Crippen LogP contribution in [0.25, 0.3) is 291 Å². The van der Waals surface area contributed by atoms with Crippen LogP contribution in [0.5, 0.6) is 0 Å². The summed E-state index contributed by atoms with van der Waals surface area (Å²) in [5, 5.41) is 103. The second kappa shape index (κ2) is 9.30. The average Bonchev–Trinajstić information content (AvgIpc) is 1.39. The minimum Gasteiger partial charge on any atom is -0.260 e. The minimum atomic E-state index is -0.713. The highest BCUT2D eigenvalue weighted by Gasteiger charge is 2.75. The molecule has 0 radical (unpaired) electrons. The molecule has 366 valence electrons. The van der Waals surface area contributed by atoms with Gasteiger partial charge in [0.1, 0.15) is 5.54 Å². The van der Waals surface area contributed by atoms with Crippen molar-refractivity contribution < 1.29 is 0 Å². The molecule has 0 saturated carbocycles. The van der Waals surface area contributed by atoms with Crippen LogP contribution in [0.3, 0.4) is 0 Å². The van der Waals surface area contributed by atoms with E-state index in [4.69, 9.17) is 10.3 Å². The smallest absolute Gasteiger partial charge is 0.169 e. The third-order valence-corrected chi connectivity index (χ3v) is 37.7. The van der Waals surface area contributed by atoms with Crippen LogP contribution < -0.4 is 0 Å². The number of nitrogens with zero attached hydrogens (tertiary/aromatic N) is 3. The Morgan fingerprint density at radius 2 is 0.506 bits per heavy atom. The van der Waals surface area contributed by atoms with Crippen molar-refractivity contribution in [3.05, 3.63) is 47.7 Å². The summed E-state index contributed by atoms with van der Waals surface area (Å²) in [5.41, 5.74) is 5.03. The van der Waals surface area contributed by atoms with E-state index in [-0.39, 0.29) is 0 Å². The molecule has 4 aliphatic carbocycles. The van der Waals surface area contributed by atoms with Gasteiger partial charge in [-0.05, 0) is 316 Å². The van der Waals surface area contributed by atoms with Gasteiger partial charge in [0.15, 0.2) is 5.54 Å². The van der Waals surface area contributed by atoms with Gasteiger partial charge < -0.3 is 0 Å². The zero-order chi connectivity index (χ0) is 50.7. The van der Waals surface area contributed by atoms with Crippen molar-refractivity contribution in [2.45, 2.75) is 17.5 Å². The molecular formula is C72H15N3S8. The maximum atomic E-state index is 6.38. The van der Waals surface area contributed by atoms with Gasteiger partial charge in [0.2, 0.25) is 0 Å². The predicted octanol–water partition coefficient (Wildman–Crippen LogP) is 23.4. The topological polar surface area (TPSA) is 28.0 Å². The fourth-order valence-corrected chi connectivity index (χ4v) is 36.5. The number of hydrogen-bond donors (Lipinski definition) is 0. The van der Waals surface area contributed by atoms with E-state index in [2.05, 4.69) is 35.5 Å². The van der Waals surface area contributed by atoms with E-state index in [1.807, 2.05) is 82.3 Å². The molecule has 7 aliphatic rings. The first-order valence-electron chi connectivity index (χ1n) is 29.4. The molecule has 0 saturated heterocycles. The molecule has 0 unspecified atom stereocenters. The van der Waals surface area contributed by atoms with E-state index in [0.717, 1.165) is 18.7 Å². The van der Waals surface area contributed by atoms with Crippen molar-refractivity contribution in [1.29, 1.82) is 0 Å². The van der Waals surface area contributed by atoms with Crippen LogP contribution in [-0.2, 0) is 11.1 Å². The molecule has 3 heterocycles. The van der Waals surface area contributed by atoms with Gasteiger partial charge in [0.25, 0.3) is 0 Å². The molecule has 0 atom stereocenters. The van der Waals surface area contributed by atoms with Gasteiger partial charge in [0.05, 0.1) is 25.4 Å². The van der Waals surface area contributed by atoms with Crippen molar-refractivity contribution >= 4 is 385 Å². The first-order valence-corrected chi connectivity index (χ1v) is 37.3. The van der Waals surface area contributed by atoms with E-state index in [1.54, 1.807) is 313 Å². The molecule has 3 aliphatic heterocycles. The summed E-state index contributed by atoms with van der Waals surface area (Å²) in [6.45, 7) is 0.868. The lowest BCUT2D eigenvalue weighted by atomic mass is 9.58.